The molecule has 0 saturated heterocycles. The lowest BCUT2D eigenvalue weighted by molar-refractivity contribution is 1.59. The minimum atomic E-state index is 1.20. The van der Waals surface area contributed by atoms with E-state index in [0.29, 0.717) is 0 Å². The molecule has 2 heterocycles. The highest BCUT2D eigenvalue weighted by molar-refractivity contribution is 7.26. The molecule has 10 aromatic carbocycles. The zero-order valence-corrected chi connectivity index (χ0v) is 35.4. The molecule has 0 nitrogen and oxygen atoms in total. The second-order valence-corrected chi connectivity index (χ2v) is 18.2. The van der Waals surface area contributed by atoms with Crippen molar-refractivity contribution in [3.05, 3.63) is 231 Å². The quantitative estimate of drug-likeness (QED) is 0.150. The van der Waals surface area contributed by atoms with Gasteiger partial charge in [-0.15, -0.1) is 22.7 Å². The zero-order valence-electron chi connectivity index (χ0n) is 33.8. The van der Waals surface area contributed by atoms with Crippen LogP contribution in [-0.2, 0) is 0 Å². The van der Waals surface area contributed by atoms with E-state index in [1.165, 1.54) is 118 Å². The number of thiophene rings is 2. The molecule has 0 atom stereocenters. The summed E-state index contributed by atoms with van der Waals surface area (Å²) in [6.45, 7) is 0. The Morgan fingerprint density at radius 3 is 0.887 bits per heavy atom. The summed E-state index contributed by atoms with van der Waals surface area (Å²) in [5.74, 6) is 0. The van der Waals surface area contributed by atoms with E-state index in [-0.39, 0.29) is 0 Å². The lowest BCUT2D eigenvalue weighted by Crippen LogP contribution is -1.87. The molecule has 0 aliphatic heterocycles. The predicted octanol–water partition coefficient (Wildman–Crippen LogP) is 18.1. The van der Waals surface area contributed by atoms with E-state index in [1.54, 1.807) is 0 Å². The van der Waals surface area contributed by atoms with Crippen LogP contribution in [0.25, 0.3) is 118 Å². The second-order valence-electron chi connectivity index (χ2n) is 16.1. The average molecular weight is 823 g/mol. The molecule has 62 heavy (non-hydrogen) atoms. The predicted molar refractivity (Wildman–Crippen MR) is 270 cm³/mol. The van der Waals surface area contributed by atoms with Gasteiger partial charge in [0.25, 0.3) is 0 Å². The molecule has 0 amide bonds. The van der Waals surface area contributed by atoms with Crippen LogP contribution < -0.4 is 0 Å². The number of fused-ring (bicyclic) bond motifs is 6. The molecule has 12 rings (SSSR count). The average Bonchev–Trinajstić information content (AvgIpc) is 3.92. The third kappa shape index (κ3) is 6.53. The molecule has 0 spiro atoms. The van der Waals surface area contributed by atoms with E-state index in [0.717, 1.165) is 0 Å². The maximum Gasteiger partial charge on any atom is 0.0434 e. The summed E-state index contributed by atoms with van der Waals surface area (Å²) in [7, 11) is 0. The number of hydrogen-bond donors (Lipinski definition) is 0. The fourth-order valence-electron chi connectivity index (χ4n) is 9.13. The second kappa shape index (κ2) is 15.3. The van der Waals surface area contributed by atoms with Crippen molar-refractivity contribution < 1.29 is 0 Å². The highest BCUT2D eigenvalue weighted by Crippen LogP contribution is 2.47. The van der Waals surface area contributed by atoms with Crippen molar-refractivity contribution in [1.82, 2.24) is 0 Å². The van der Waals surface area contributed by atoms with Crippen molar-refractivity contribution in [2.45, 2.75) is 0 Å². The Labute approximate surface area is 369 Å². The van der Waals surface area contributed by atoms with Crippen molar-refractivity contribution in [1.29, 1.82) is 0 Å². The Kier molecular flexibility index (Phi) is 8.99. The first-order valence-corrected chi connectivity index (χ1v) is 22.8. The van der Waals surface area contributed by atoms with E-state index in [9.17, 15) is 0 Å². The maximum atomic E-state index is 2.40. The molecule has 2 aromatic heterocycles. The molecule has 12 aromatic rings. The normalized spacial score (nSPS) is 11.5. The third-order valence-electron chi connectivity index (χ3n) is 12.3. The minimum absolute atomic E-state index is 1.20. The van der Waals surface area contributed by atoms with Crippen LogP contribution in [0.5, 0.6) is 0 Å². The molecule has 290 valence electrons. The summed E-state index contributed by atoms with van der Waals surface area (Å²) in [4.78, 5) is 0. The molecule has 0 unspecified atom stereocenters. The maximum absolute atomic E-state index is 2.40. The summed E-state index contributed by atoms with van der Waals surface area (Å²) >= 11 is 3.79. The van der Waals surface area contributed by atoms with Crippen molar-refractivity contribution in [3.63, 3.8) is 0 Å². The summed E-state index contributed by atoms with van der Waals surface area (Å²) in [6.07, 6.45) is 0. The van der Waals surface area contributed by atoms with Crippen LogP contribution in [0.4, 0.5) is 0 Å². The Morgan fingerprint density at radius 1 is 0.194 bits per heavy atom. The summed E-state index contributed by atoms with van der Waals surface area (Å²) in [5, 5.41) is 5.20. The van der Waals surface area contributed by atoms with E-state index in [2.05, 4.69) is 231 Å². The molecule has 2 heteroatoms. The van der Waals surface area contributed by atoms with Gasteiger partial charge in [0, 0.05) is 51.5 Å². The molecule has 0 fully saturated rings. The Balaban J connectivity index is 1.00. The lowest BCUT2D eigenvalue weighted by atomic mass is 9.92. The van der Waals surface area contributed by atoms with Gasteiger partial charge in [0.2, 0.25) is 0 Å². The summed E-state index contributed by atoms with van der Waals surface area (Å²) in [5.41, 5.74) is 17.2. The van der Waals surface area contributed by atoms with Crippen LogP contribution in [0, 0.1) is 0 Å². The molecular formula is C60H38S2. The van der Waals surface area contributed by atoms with Crippen molar-refractivity contribution in [3.8, 4) is 77.9 Å². The lowest BCUT2D eigenvalue weighted by Gasteiger charge is -2.13. The Bertz CT molecular complexity index is 3360. The number of benzene rings is 10. The van der Waals surface area contributed by atoms with Crippen LogP contribution in [0.3, 0.4) is 0 Å². The molecule has 0 aliphatic carbocycles. The smallest absolute Gasteiger partial charge is 0.0434 e. The van der Waals surface area contributed by atoms with E-state index < -0.39 is 0 Å². The van der Waals surface area contributed by atoms with Gasteiger partial charge in [-0.05, 0) is 127 Å². The topological polar surface area (TPSA) is 0 Å². The zero-order chi connectivity index (χ0) is 41.0. The fourth-order valence-corrected chi connectivity index (χ4v) is 11.5. The highest BCUT2D eigenvalue weighted by Gasteiger charge is 2.18. The van der Waals surface area contributed by atoms with Crippen molar-refractivity contribution in [2.75, 3.05) is 0 Å². The molecule has 0 aliphatic rings. The van der Waals surface area contributed by atoms with Gasteiger partial charge in [-0.2, -0.15) is 0 Å². The minimum Gasteiger partial charge on any atom is -0.135 e. The van der Waals surface area contributed by atoms with Crippen LogP contribution in [0.2, 0.25) is 0 Å². The van der Waals surface area contributed by atoms with Crippen LogP contribution in [0.15, 0.2) is 231 Å². The first-order valence-electron chi connectivity index (χ1n) is 21.1. The summed E-state index contributed by atoms with van der Waals surface area (Å²) in [6, 6.07) is 84.9. The first kappa shape index (κ1) is 36.5. The van der Waals surface area contributed by atoms with E-state index in [1.807, 2.05) is 22.7 Å². The van der Waals surface area contributed by atoms with Crippen LogP contribution in [0.1, 0.15) is 0 Å². The van der Waals surface area contributed by atoms with Gasteiger partial charge in [0.05, 0.1) is 0 Å². The Morgan fingerprint density at radius 2 is 0.500 bits per heavy atom. The standard InChI is InChI=1S/C60H38S2/c1-5-15-39(16-6-1)45-27-29-57-53(33-45)55-37-49(41-19-9-3-10-20-41)35-51(59(55)61-57)47-25-13-23-43(31-47)44-24-14-26-48(32-44)52-36-50(42-21-11-4-12-22-42)38-56-54-34-46(40-17-7-2-8-18-40)28-30-58(54)62-60(52)56/h1-38H. The molecule has 0 N–H and O–H groups in total. The van der Waals surface area contributed by atoms with Gasteiger partial charge in [-0.3, -0.25) is 0 Å². The van der Waals surface area contributed by atoms with Gasteiger partial charge in [-0.1, -0.05) is 170 Å². The molecule has 0 saturated carbocycles. The van der Waals surface area contributed by atoms with Gasteiger partial charge >= 0.3 is 0 Å². The SMILES string of the molecule is c1ccc(-c2ccc3sc4c(-c5cccc(-c6cccc(-c7cc(-c8ccccc8)cc8c7sc7ccc(-c9ccccc9)cc78)c6)c5)cc(-c5ccccc5)cc4c3c2)cc1. The fraction of sp³-hybridized carbons (Fsp3) is 0. The van der Waals surface area contributed by atoms with E-state index >= 15 is 0 Å². The molecule has 0 radical (unpaired) electrons. The largest absolute Gasteiger partial charge is 0.135 e. The highest BCUT2D eigenvalue weighted by atomic mass is 32.1. The van der Waals surface area contributed by atoms with Gasteiger partial charge in [0.15, 0.2) is 0 Å². The number of rotatable bonds is 7. The van der Waals surface area contributed by atoms with Crippen molar-refractivity contribution in [2.24, 2.45) is 0 Å². The monoisotopic (exact) mass is 822 g/mol. The Hall–Kier alpha value is -7.36. The van der Waals surface area contributed by atoms with Gasteiger partial charge < -0.3 is 0 Å². The summed E-state index contributed by atoms with van der Waals surface area (Å²) < 4.78 is 5.24. The molecule has 0 bridgehead atoms. The van der Waals surface area contributed by atoms with Gasteiger partial charge in [-0.25, -0.2) is 0 Å². The first-order chi connectivity index (χ1) is 30.7. The van der Waals surface area contributed by atoms with Crippen molar-refractivity contribution >= 4 is 63.0 Å². The third-order valence-corrected chi connectivity index (χ3v) is 14.7. The van der Waals surface area contributed by atoms with Gasteiger partial charge in [0.1, 0.15) is 0 Å². The number of hydrogen-bond acceptors (Lipinski definition) is 2. The van der Waals surface area contributed by atoms with E-state index in [4.69, 9.17) is 0 Å². The van der Waals surface area contributed by atoms with Crippen LogP contribution >= 0.6 is 22.7 Å². The molecular weight excluding hydrogens is 785 g/mol. The van der Waals surface area contributed by atoms with Crippen LogP contribution in [-0.4, -0.2) is 0 Å².